The summed E-state index contributed by atoms with van der Waals surface area (Å²) in [6, 6.07) is 3.46. The maximum Gasteiger partial charge on any atom is 0.252 e. The van der Waals surface area contributed by atoms with Crippen molar-refractivity contribution < 1.29 is 0 Å². The average Bonchev–Trinajstić information content (AvgIpc) is 2.16. The zero-order valence-corrected chi connectivity index (χ0v) is 7.65. The van der Waals surface area contributed by atoms with E-state index in [1.807, 2.05) is 0 Å². The Kier molecular flexibility index (Phi) is 3.41. The summed E-state index contributed by atoms with van der Waals surface area (Å²) in [5.41, 5.74) is 2.74. The number of nitrogens with one attached hydrogen (secondary N) is 3. The molecule has 70 valence electrons. The van der Waals surface area contributed by atoms with Gasteiger partial charge in [0.1, 0.15) is 0 Å². The van der Waals surface area contributed by atoms with Crippen LogP contribution in [0.4, 0.5) is 0 Å². The van der Waals surface area contributed by atoms with E-state index in [0.29, 0.717) is 17.2 Å². The lowest BCUT2D eigenvalue weighted by molar-refractivity contribution is 0.853. The van der Waals surface area contributed by atoms with Gasteiger partial charge in [0, 0.05) is 18.3 Å². The van der Waals surface area contributed by atoms with E-state index in [-0.39, 0.29) is 5.56 Å². The van der Waals surface area contributed by atoms with Gasteiger partial charge in [0.05, 0.1) is 0 Å². The SMILES string of the molecule is NNC(=S)NCc1ccc[nH]c1=O. The minimum atomic E-state index is -0.130. The van der Waals surface area contributed by atoms with E-state index in [0.717, 1.165) is 0 Å². The molecule has 5 N–H and O–H groups in total. The van der Waals surface area contributed by atoms with Gasteiger partial charge in [0.25, 0.3) is 5.56 Å². The molecule has 0 radical (unpaired) electrons. The van der Waals surface area contributed by atoms with Gasteiger partial charge in [-0.2, -0.15) is 0 Å². The van der Waals surface area contributed by atoms with Crippen LogP contribution in [0, 0.1) is 0 Å². The first-order chi connectivity index (χ1) is 6.24. The quantitative estimate of drug-likeness (QED) is 0.284. The van der Waals surface area contributed by atoms with Crippen LogP contribution in [0.5, 0.6) is 0 Å². The molecule has 0 spiro atoms. The molecule has 6 heteroatoms. The van der Waals surface area contributed by atoms with Gasteiger partial charge in [0.15, 0.2) is 5.11 Å². The van der Waals surface area contributed by atoms with Gasteiger partial charge < -0.3 is 15.7 Å². The van der Waals surface area contributed by atoms with Gasteiger partial charge in [-0.15, -0.1) is 0 Å². The van der Waals surface area contributed by atoms with E-state index in [4.69, 9.17) is 18.1 Å². The highest BCUT2D eigenvalue weighted by Crippen LogP contribution is 1.87. The maximum absolute atomic E-state index is 11.1. The van der Waals surface area contributed by atoms with Gasteiger partial charge in [-0.3, -0.25) is 4.79 Å². The number of hydrogen-bond donors (Lipinski definition) is 4. The first-order valence-electron chi connectivity index (χ1n) is 3.65. The first kappa shape index (κ1) is 9.69. The number of hydrogen-bond acceptors (Lipinski definition) is 3. The third-order valence-corrected chi connectivity index (χ3v) is 1.73. The highest BCUT2D eigenvalue weighted by Gasteiger charge is 1.97. The average molecular weight is 198 g/mol. The predicted molar refractivity (Wildman–Crippen MR) is 53.8 cm³/mol. The van der Waals surface area contributed by atoms with Crippen molar-refractivity contribution in [2.75, 3.05) is 0 Å². The lowest BCUT2D eigenvalue weighted by Gasteiger charge is -2.05. The van der Waals surface area contributed by atoms with E-state index in [1.165, 1.54) is 0 Å². The number of H-pyrrole nitrogens is 1. The lowest BCUT2D eigenvalue weighted by Crippen LogP contribution is -2.39. The molecule has 0 bridgehead atoms. The molecule has 1 rings (SSSR count). The fourth-order valence-corrected chi connectivity index (χ4v) is 0.894. The summed E-state index contributed by atoms with van der Waals surface area (Å²) in [6.45, 7) is 0.360. The molecular formula is C7H10N4OS. The Balaban J connectivity index is 2.60. The van der Waals surface area contributed by atoms with Crippen molar-refractivity contribution in [1.29, 1.82) is 0 Å². The predicted octanol–water partition coefficient (Wildman–Crippen LogP) is -0.787. The second kappa shape index (κ2) is 4.58. The summed E-state index contributed by atoms with van der Waals surface area (Å²) in [5.74, 6) is 5.03. The Morgan fingerprint density at radius 2 is 2.46 bits per heavy atom. The molecule has 13 heavy (non-hydrogen) atoms. The van der Waals surface area contributed by atoms with Crippen LogP contribution in [0.2, 0.25) is 0 Å². The number of aromatic nitrogens is 1. The summed E-state index contributed by atoms with van der Waals surface area (Å²) in [5, 5.41) is 3.07. The number of nitrogens with two attached hydrogens (primary N) is 1. The van der Waals surface area contributed by atoms with E-state index >= 15 is 0 Å². The second-order valence-corrected chi connectivity index (χ2v) is 2.76. The maximum atomic E-state index is 11.1. The molecule has 1 aromatic rings. The van der Waals surface area contributed by atoms with Crippen molar-refractivity contribution in [3.8, 4) is 0 Å². The van der Waals surface area contributed by atoms with Crippen LogP contribution in [-0.2, 0) is 6.54 Å². The molecule has 0 atom stereocenters. The molecular weight excluding hydrogens is 188 g/mol. The number of hydrazine groups is 1. The van der Waals surface area contributed by atoms with E-state index in [1.54, 1.807) is 18.3 Å². The summed E-state index contributed by atoms with van der Waals surface area (Å²) in [6.07, 6.45) is 1.57. The number of pyridine rings is 1. The topological polar surface area (TPSA) is 82.9 Å². The van der Waals surface area contributed by atoms with Gasteiger partial charge in [-0.1, -0.05) is 6.07 Å². The van der Waals surface area contributed by atoms with Gasteiger partial charge in [-0.05, 0) is 18.3 Å². The minimum Gasteiger partial charge on any atom is -0.357 e. The van der Waals surface area contributed by atoms with Crippen molar-refractivity contribution in [3.63, 3.8) is 0 Å². The Hall–Kier alpha value is -1.40. The van der Waals surface area contributed by atoms with Crippen molar-refractivity contribution >= 4 is 17.3 Å². The smallest absolute Gasteiger partial charge is 0.252 e. The van der Waals surface area contributed by atoms with Crippen LogP contribution >= 0.6 is 12.2 Å². The van der Waals surface area contributed by atoms with Crippen LogP contribution in [-0.4, -0.2) is 10.1 Å². The Bertz CT molecular complexity index is 348. The molecule has 0 saturated carbocycles. The zero-order valence-electron chi connectivity index (χ0n) is 6.83. The van der Waals surface area contributed by atoms with Crippen molar-refractivity contribution in [3.05, 3.63) is 34.2 Å². The molecule has 0 aromatic carbocycles. The third kappa shape index (κ3) is 2.85. The largest absolute Gasteiger partial charge is 0.357 e. The highest BCUT2D eigenvalue weighted by atomic mass is 32.1. The normalized spacial score (nSPS) is 9.31. The molecule has 0 amide bonds. The van der Waals surface area contributed by atoms with Crippen LogP contribution in [0.3, 0.4) is 0 Å². The Labute approximate surface area is 80.3 Å². The molecule has 0 aliphatic carbocycles. The highest BCUT2D eigenvalue weighted by molar-refractivity contribution is 7.80. The van der Waals surface area contributed by atoms with Crippen LogP contribution in [0.15, 0.2) is 23.1 Å². The van der Waals surface area contributed by atoms with Gasteiger partial charge >= 0.3 is 0 Å². The second-order valence-electron chi connectivity index (χ2n) is 2.35. The fourth-order valence-electron chi connectivity index (χ4n) is 0.822. The van der Waals surface area contributed by atoms with Gasteiger partial charge in [-0.25, -0.2) is 5.84 Å². The molecule has 1 heterocycles. The van der Waals surface area contributed by atoms with Crippen LogP contribution in [0.1, 0.15) is 5.56 Å². The zero-order chi connectivity index (χ0) is 9.68. The molecule has 0 saturated heterocycles. The van der Waals surface area contributed by atoms with Crippen LogP contribution < -0.4 is 22.1 Å². The number of aromatic amines is 1. The first-order valence-corrected chi connectivity index (χ1v) is 4.06. The molecule has 5 nitrogen and oxygen atoms in total. The van der Waals surface area contributed by atoms with Crippen molar-refractivity contribution in [1.82, 2.24) is 15.7 Å². The van der Waals surface area contributed by atoms with E-state index in [2.05, 4.69) is 15.7 Å². The number of thiocarbonyl (C=S) groups is 1. The van der Waals surface area contributed by atoms with Gasteiger partial charge in [0.2, 0.25) is 0 Å². The van der Waals surface area contributed by atoms with E-state index < -0.39 is 0 Å². The minimum absolute atomic E-state index is 0.130. The fraction of sp³-hybridized carbons (Fsp3) is 0.143. The molecule has 1 aromatic heterocycles. The summed E-state index contributed by atoms with van der Waals surface area (Å²) >= 11 is 4.74. The summed E-state index contributed by atoms with van der Waals surface area (Å²) in [7, 11) is 0. The van der Waals surface area contributed by atoms with E-state index in [9.17, 15) is 4.79 Å². The van der Waals surface area contributed by atoms with Crippen molar-refractivity contribution in [2.24, 2.45) is 5.84 Å². The third-order valence-electron chi connectivity index (χ3n) is 1.47. The molecule has 0 fully saturated rings. The van der Waals surface area contributed by atoms with Crippen LogP contribution in [0.25, 0.3) is 0 Å². The monoisotopic (exact) mass is 198 g/mol. The summed E-state index contributed by atoms with van der Waals surface area (Å²) in [4.78, 5) is 13.7. The molecule has 0 aliphatic heterocycles. The van der Waals surface area contributed by atoms with Crippen molar-refractivity contribution in [2.45, 2.75) is 6.54 Å². The molecule has 0 unspecified atom stereocenters. The molecule has 0 aliphatic rings. The number of rotatable bonds is 2. The summed E-state index contributed by atoms with van der Waals surface area (Å²) < 4.78 is 0. The lowest BCUT2D eigenvalue weighted by atomic mass is 10.3. The Morgan fingerprint density at radius 3 is 3.08 bits per heavy atom. The standard InChI is InChI=1S/C7H10N4OS/c8-11-7(13)10-4-5-2-1-3-9-6(5)12/h1-3H,4,8H2,(H,9,12)(H2,10,11,13). The Morgan fingerprint density at radius 1 is 1.69 bits per heavy atom.